The largest absolute Gasteiger partial charge is 0.373 e. The first kappa shape index (κ1) is 6.73. The smallest absolute Gasteiger partial charge is 0.224 e. The summed E-state index contributed by atoms with van der Waals surface area (Å²) in [5.74, 6) is -0.314. The van der Waals surface area contributed by atoms with Gasteiger partial charge in [-0.25, -0.2) is 0 Å². The zero-order valence-electron chi connectivity index (χ0n) is 5.43. The molecule has 0 fully saturated rings. The number of rotatable bonds is 1. The van der Waals surface area contributed by atoms with Crippen LogP contribution in [0, 0.1) is 5.95 Å². The molecule has 0 saturated heterocycles. The van der Waals surface area contributed by atoms with Gasteiger partial charge in [0.1, 0.15) is 5.82 Å². The molecule has 0 aliphatic heterocycles. The van der Waals surface area contributed by atoms with E-state index in [1.54, 1.807) is 7.05 Å². The van der Waals surface area contributed by atoms with Gasteiger partial charge in [0.15, 0.2) is 0 Å². The molecule has 4 nitrogen and oxygen atoms in total. The monoisotopic (exact) mass is 142 g/mol. The van der Waals surface area contributed by atoms with Crippen LogP contribution in [0.25, 0.3) is 0 Å². The summed E-state index contributed by atoms with van der Waals surface area (Å²) >= 11 is 0. The summed E-state index contributed by atoms with van der Waals surface area (Å²) in [4.78, 5) is 6.91. The molecule has 0 saturated carbocycles. The molecule has 0 amide bonds. The van der Waals surface area contributed by atoms with Crippen LogP contribution in [0.15, 0.2) is 6.07 Å². The van der Waals surface area contributed by atoms with E-state index < -0.39 is 5.95 Å². The van der Waals surface area contributed by atoms with Gasteiger partial charge in [-0.05, 0) is 0 Å². The Hall–Kier alpha value is -1.39. The van der Waals surface area contributed by atoms with Crippen molar-refractivity contribution in [3.05, 3.63) is 12.0 Å². The zero-order valence-corrected chi connectivity index (χ0v) is 5.43. The predicted molar refractivity (Wildman–Crippen MR) is 35.9 cm³/mol. The summed E-state index contributed by atoms with van der Waals surface area (Å²) in [5, 5.41) is 2.64. The van der Waals surface area contributed by atoms with Gasteiger partial charge in [-0.3, -0.25) is 0 Å². The van der Waals surface area contributed by atoms with Crippen LogP contribution >= 0.6 is 0 Å². The van der Waals surface area contributed by atoms with E-state index in [1.165, 1.54) is 0 Å². The molecule has 1 aromatic rings. The lowest BCUT2D eigenvalue weighted by Crippen LogP contribution is -2.01. The lowest BCUT2D eigenvalue weighted by atomic mass is 10.6. The van der Waals surface area contributed by atoms with Gasteiger partial charge in [0.05, 0.1) is 0 Å². The van der Waals surface area contributed by atoms with E-state index >= 15 is 0 Å². The fourth-order valence-electron chi connectivity index (χ4n) is 0.563. The Bertz CT molecular complexity index is 217. The van der Waals surface area contributed by atoms with Gasteiger partial charge in [-0.15, -0.1) is 0 Å². The Morgan fingerprint density at radius 3 is 2.80 bits per heavy atom. The molecule has 1 aromatic heterocycles. The van der Waals surface area contributed by atoms with Gasteiger partial charge >= 0.3 is 0 Å². The van der Waals surface area contributed by atoms with Crippen molar-refractivity contribution >= 4 is 11.8 Å². The van der Waals surface area contributed by atoms with Crippen molar-refractivity contribution in [1.82, 2.24) is 9.97 Å². The summed E-state index contributed by atoms with van der Waals surface area (Å²) in [6, 6.07) is 1.16. The van der Waals surface area contributed by atoms with Crippen LogP contribution in [-0.2, 0) is 0 Å². The minimum atomic E-state index is -0.628. The summed E-state index contributed by atoms with van der Waals surface area (Å²) in [6.07, 6.45) is 0. The Morgan fingerprint density at radius 2 is 2.30 bits per heavy atom. The minimum absolute atomic E-state index is 0.0654. The number of halogens is 1. The lowest BCUT2D eigenvalue weighted by Gasteiger charge is -1.97. The molecular weight excluding hydrogens is 135 g/mol. The first-order valence-electron chi connectivity index (χ1n) is 2.70. The van der Waals surface area contributed by atoms with Crippen molar-refractivity contribution in [3.63, 3.8) is 0 Å². The second kappa shape index (κ2) is 2.47. The summed E-state index contributed by atoms with van der Waals surface area (Å²) < 4.78 is 12.3. The molecule has 5 heteroatoms. The first-order valence-corrected chi connectivity index (χ1v) is 2.70. The van der Waals surface area contributed by atoms with Crippen molar-refractivity contribution in [2.75, 3.05) is 18.1 Å². The highest BCUT2D eigenvalue weighted by Gasteiger charge is 1.97. The molecule has 0 aliphatic carbocycles. The highest BCUT2D eigenvalue weighted by molar-refractivity contribution is 5.36. The van der Waals surface area contributed by atoms with E-state index in [1.807, 2.05) is 0 Å². The molecule has 54 valence electrons. The third-order valence-corrected chi connectivity index (χ3v) is 0.968. The number of hydrogen-bond donors (Lipinski definition) is 2. The maximum atomic E-state index is 12.3. The predicted octanol–water partition coefficient (Wildman–Crippen LogP) is 0.240. The number of nitrogens with one attached hydrogen (secondary N) is 1. The van der Waals surface area contributed by atoms with E-state index in [0.29, 0.717) is 5.82 Å². The molecule has 0 aromatic carbocycles. The fourth-order valence-corrected chi connectivity index (χ4v) is 0.563. The number of nitrogens with zero attached hydrogens (tertiary/aromatic N) is 2. The standard InChI is InChI=1S/C5H7FN4/c1-8-4-2-3(6)9-5(7)10-4/h2H,1H3,(H3,7,8,9,10). The van der Waals surface area contributed by atoms with Crippen LogP contribution < -0.4 is 11.1 Å². The highest BCUT2D eigenvalue weighted by Crippen LogP contribution is 2.04. The normalized spacial score (nSPS) is 9.40. The SMILES string of the molecule is CNc1cc(F)nc(N)n1. The van der Waals surface area contributed by atoms with Crippen molar-refractivity contribution in [2.45, 2.75) is 0 Å². The van der Waals surface area contributed by atoms with Crippen molar-refractivity contribution in [1.29, 1.82) is 0 Å². The van der Waals surface area contributed by atoms with Gasteiger partial charge in [0, 0.05) is 13.1 Å². The minimum Gasteiger partial charge on any atom is -0.373 e. The Balaban J connectivity index is 3.06. The molecule has 3 N–H and O–H groups in total. The molecule has 0 bridgehead atoms. The number of nitrogen functional groups attached to an aromatic ring is 1. The number of anilines is 2. The maximum Gasteiger partial charge on any atom is 0.224 e. The molecule has 0 aliphatic rings. The van der Waals surface area contributed by atoms with Crippen LogP contribution in [-0.4, -0.2) is 17.0 Å². The van der Waals surface area contributed by atoms with E-state index in [2.05, 4.69) is 15.3 Å². The Morgan fingerprint density at radius 1 is 1.60 bits per heavy atom. The topological polar surface area (TPSA) is 63.8 Å². The highest BCUT2D eigenvalue weighted by atomic mass is 19.1. The fraction of sp³-hybridized carbons (Fsp3) is 0.200. The van der Waals surface area contributed by atoms with Crippen molar-refractivity contribution < 1.29 is 4.39 Å². The van der Waals surface area contributed by atoms with E-state index in [9.17, 15) is 4.39 Å². The van der Waals surface area contributed by atoms with Gasteiger partial charge in [0.25, 0.3) is 0 Å². The second-order valence-electron chi connectivity index (χ2n) is 1.68. The van der Waals surface area contributed by atoms with Gasteiger partial charge in [-0.1, -0.05) is 0 Å². The Labute approximate surface area is 57.3 Å². The molecule has 0 radical (unpaired) electrons. The number of aromatic nitrogens is 2. The maximum absolute atomic E-state index is 12.3. The molecule has 0 atom stereocenters. The molecule has 0 unspecified atom stereocenters. The van der Waals surface area contributed by atoms with Crippen molar-refractivity contribution in [3.8, 4) is 0 Å². The lowest BCUT2D eigenvalue weighted by molar-refractivity contribution is 0.583. The summed E-state index contributed by atoms with van der Waals surface area (Å²) in [6.45, 7) is 0. The zero-order chi connectivity index (χ0) is 7.56. The number of hydrogen-bond acceptors (Lipinski definition) is 4. The van der Waals surface area contributed by atoms with Gasteiger partial charge in [-0.2, -0.15) is 14.4 Å². The van der Waals surface area contributed by atoms with E-state index in [4.69, 9.17) is 5.73 Å². The first-order chi connectivity index (χ1) is 4.72. The van der Waals surface area contributed by atoms with Gasteiger partial charge in [0.2, 0.25) is 11.9 Å². The average Bonchev–Trinajstić information content (AvgIpc) is 1.85. The average molecular weight is 142 g/mol. The second-order valence-corrected chi connectivity index (χ2v) is 1.68. The number of nitrogens with two attached hydrogens (primary N) is 1. The van der Waals surface area contributed by atoms with Crippen LogP contribution in [0.2, 0.25) is 0 Å². The third-order valence-electron chi connectivity index (χ3n) is 0.968. The van der Waals surface area contributed by atoms with Gasteiger partial charge < -0.3 is 11.1 Å². The Kier molecular flexibility index (Phi) is 1.66. The molecular formula is C5H7FN4. The quantitative estimate of drug-likeness (QED) is 0.551. The summed E-state index contributed by atoms with van der Waals surface area (Å²) in [7, 11) is 1.63. The molecule has 0 spiro atoms. The summed E-state index contributed by atoms with van der Waals surface area (Å²) in [5.41, 5.74) is 5.13. The van der Waals surface area contributed by atoms with E-state index in [0.717, 1.165) is 6.07 Å². The third kappa shape index (κ3) is 1.31. The van der Waals surface area contributed by atoms with Crippen LogP contribution in [0.1, 0.15) is 0 Å². The van der Waals surface area contributed by atoms with Crippen LogP contribution in [0.4, 0.5) is 16.2 Å². The van der Waals surface area contributed by atoms with Crippen molar-refractivity contribution in [2.24, 2.45) is 0 Å². The molecule has 10 heavy (non-hydrogen) atoms. The van der Waals surface area contributed by atoms with Crippen LogP contribution in [0.3, 0.4) is 0 Å². The van der Waals surface area contributed by atoms with E-state index in [-0.39, 0.29) is 5.95 Å². The van der Waals surface area contributed by atoms with Crippen LogP contribution in [0.5, 0.6) is 0 Å². The molecule has 1 rings (SSSR count). The molecule has 1 heterocycles.